The Balaban J connectivity index is 2.30. The van der Waals surface area contributed by atoms with Crippen molar-refractivity contribution >= 4 is 17.2 Å². The molecular weight excluding hydrogens is 273 g/mol. The molecule has 0 unspecified atom stereocenters. The van der Waals surface area contributed by atoms with E-state index in [0.29, 0.717) is 0 Å². The van der Waals surface area contributed by atoms with Crippen LogP contribution in [0.15, 0.2) is 24.5 Å². The zero-order valence-corrected chi connectivity index (χ0v) is 11.6. The van der Waals surface area contributed by atoms with Gasteiger partial charge >= 0.3 is 0 Å². The lowest BCUT2D eigenvalue weighted by molar-refractivity contribution is 0.234. The van der Waals surface area contributed by atoms with Crippen molar-refractivity contribution in [3.05, 3.63) is 35.9 Å². The van der Waals surface area contributed by atoms with Crippen LogP contribution in [0.3, 0.4) is 0 Å². The number of hydrogen-bond donors (Lipinski definition) is 2. The van der Waals surface area contributed by atoms with Crippen LogP contribution >= 0.6 is 0 Å². The van der Waals surface area contributed by atoms with Crippen LogP contribution in [0.25, 0.3) is 0 Å². The average molecular weight is 287 g/mol. The quantitative estimate of drug-likeness (QED) is 0.897. The maximum absolute atomic E-state index is 13.8. The molecule has 2 rings (SSSR count). The Morgan fingerprint density at radius 3 is 2.76 bits per heavy atom. The Kier molecular flexibility index (Phi) is 4.18. The molecule has 0 saturated carbocycles. The van der Waals surface area contributed by atoms with Gasteiger partial charge in [-0.05, 0) is 32.0 Å². The van der Waals surface area contributed by atoms with Gasteiger partial charge in [0.1, 0.15) is 17.8 Å². The lowest BCUT2D eigenvalue weighted by atomic mass is 10.2. The van der Waals surface area contributed by atoms with Gasteiger partial charge in [-0.1, -0.05) is 0 Å². The molecule has 3 N–H and O–H groups in total. The third-order valence-corrected chi connectivity index (χ3v) is 2.55. The maximum atomic E-state index is 13.8. The largest absolute Gasteiger partial charge is 0.473 e. The van der Waals surface area contributed by atoms with E-state index in [1.54, 1.807) is 0 Å². The van der Waals surface area contributed by atoms with Gasteiger partial charge in [0.25, 0.3) is 0 Å². The number of hydrogen-bond acceptors (Lipinski definition) is 6. The first kappa shape index (κ1) is 14.5. The van der Waals surface area contributed by atoms with Crippen molar-refractivity contribution < 1.29 is 9.13 Å². The molecule has 108 valence electrons. The molecule has 0 aliphatic rings. The normalized spacial score (nSPS) is 10.2. The first-order valence-corrected chi connectivity index (χ1v) is 6.25. The standard InChI is InChI=1S/C14H14FN5O/c1-8(2)21-14-12(17)13(18-7-19-14)20-11-4-3-9(6-16)5-10(11)15/h3-5,7-8H,17H2,1-2H3,(H,18,19,20). The highest BCUT2D eigenvalue weighted by Crippen LogP contribution is 2.29. The minimum absolute atomic E-state index is 0.0956. The summed E-state index contributed by atoms with van der Waals surface area (Å²) in [5.74, 6) is -0.0980. The fourth-order valence-electron chi connectivity index (χ4n) is 1.61. The van der Waals surface area contributed by atoms with E-state index in [0.717, 1.165) is 6.07 Å². The molecule has 1 aromatic heterocycles. The summed E-state index contributed by atoms with van der Waals surface area (Å²) in [6.45, 7) is 3.68. The minimum atomic E-state index is -0.571. The van der Waals surface area contributed by atoms with E-state index >= 15 is 0 Å². The van der Waals surface area contributed by atoms with Crippen LogP contribution in [0.2, 0.25) is 0 Å². The van der Waals surface area contributed by atoms with Gasteiger partial charge < -0.3 is 15.8 Å². The molecule has 0 aliphatic carbocycles. The predicted octanol–water partition coefficient (Wildman–Crippen LogP) is 2.60. The zero-order valence-electron chi connectivity index (χ0n) is 11.6. The number of nitrogens with two attached hydrogens (primary N) is 1. The van der Waals surface area contributed by atoms with Gasteiger partial charge in [-0.3, -0.25) is 0 Å². The lowest BCUT2D eigenvalue weighted by Crippen LogP contribution is -2.11. The molecule has 1 aromatic carbocycles. The summed E-state index contributed by atoms with van der Waals surface area (Å²) < 4.78 is 19.3. The van der Waals surface area contributed by atoms with Crippen molar-refractivity contribution in [2.75, 3.05) is 11.1 Å². The number of nitrogens with zero attached hydrogens (tertiary/aromatic N) is 3. The Morgan fingerprint density at radius 1 is 1.38 bits per heavy atom. The van der Waals surface area contributed by atoms with Gasteiger partial charge in [0.2, 0.25) is 5.88 Å². The van der Waals surface area contributed by atoms with Crippen LogP contribution in [0, 0.1) is 17.1 Å². The van der Waals surface area contributed by atoms with Crippen LogP contribution < -0.4 is 15.8 Å². The van der Waals surface area contributed by atoms with Crippen LogP contribution in [0.5, 0.6) is 5.88 Å². The molecule has 0 aliphatic heterocycles. The van der Waals surface area contributed by atoms with E-state index in [4.69, 9.17) is 15.7 Å². The SMILES string of the molecule is CC(C)Oc1ncnc(Nc2ccc(C#N)cc2F)c1N. The van der Waals surface area contributed by atoms with Crippen molar-refractivity contribution in [2.45, 2.75) is 20.0 Å². The van der Waals surface area contributed by atoms with Gasteiger partial charge in [-0.25, -0.2) is 9.37 Å². The summed E-state index contributed by atoms with van der Waals surface area (Å²) in [7, 11) is 0. The highest BCUT2D eigenvalue weighted by atomic mass is 19.1. The smallest absolute Gasteiger partial charge is 0.242 e. The summed E-state index contributed by atoms with van der Waals surface area (Å²) in [6.07, 6.45) is 1.18. The summed E-state index contributed by atoms with van der Waals surface area (Å²) in [5, 5.41) is 11.5. The molecule has 6 nitrogen and oxygen atoms in total. The Labute approximate surface area is 121 Å². The van der Waals surface area contributed by atoms with Gasteiger partial charge in [0.15, 0.2) is 5.82 Å². The van der Waals surface area contributed by atoms with Crippen LogP contribution in [0.1, 0.15) is 19.4 Å². The molecule has 7 heteroatoms. The van der Waals surface area contributed by atoms with Crippen molar-refractivity contribution in [1.82, 2.24) is 9.97 Å². The lowest BCUT2D eigenvalue weighted by Gasteiger charge is -2.14. The second-order valence-electron chi connectivity index (χ2n) is 4.54. The number of nitrogens with one attached hydrogen (secondary N) is 1. The minimum Gasteiger partial charge on any atom is -0.473 e. The third-order valence-electron chi connectivity index (χ3n) is 2.55. The Morgan fingerprint density at radius 2 is 2.14 bits per heavy atom. The topological polar surface area (TPSA) is 96.9 Å². The van der Waals surface area contributed by atoms with Crippen molar-refractivity contribution in [2.24, 2.45) is 0 Å². The summed E-state index contributed by atoms with van der Waals surface area (Å²) in [5.41, 5.74) is 6.48. The van der Waals surface area contributed by atoms with Gasteiger partial charge in [-0.15, -0.1) is 0 Å². The number of aromatic nitrogens is 2. The fraction of sp³-hybridized carbons (Fsp3) is 0.214. The predicted molar refractivity (Wildman–Crippen MR) is 76.6 cm³/mol. The van der Waals surface area contributed by atoms with Crippen molar-refractivity contribution in [3.8, 4) is 11.9 Å². The molecule has 0 bridgehead atoms. The fourth-order valence-corrected chi connectivity index (χ4v) is 1.61. The summed E-state index contributed by atoms with van der Waals surface area (Å²) in [4.78, 5) is 7.90. The summed E-state index contributed by atoms with van der Waals surface area (Å²) >= 11 is 0. The summed E-state index contributed by atoms with van der Waals surface area (Å²) in [6, 6.07) is 5.93. The van der Waals surface area contributed by atoms with Crippen molar-refractivity contribution in [3.63, 3.8) is 0 Å². The number of benzene rings is 1. The Hall–Kier alpha value is -2.88. The number of nitrogen functional groups attached to an aromatic ring is 1. The molecule has 0 saturated heterocycles. The number of anilines is 3. The van der Waals surface area contributed by atoms with E-state index in [1.165, 1.54) is 18.5 Å². The number of nitriles is 1. The zero-order chi connectivity index (χ0) is 15.4. The first-order valence-electron chi connectivity index (χ1n) is 6.25. The number of halogens is 1. The van der Waals surface area contributed by atoms with E-state index < -0.39 is 5.82 Å². The average Bonchev–Trinajstić information content (AvgIpc) is 2.44. The highest BCUT2D eigenvalue weighted by molar-refractivity contribution is 5.72. The van der Waals surface area contributed by atoms with Crippen LogP contribution in [0.4, 0.5) is 21.6 Å². The van der Waals surface area contributed by atoms with Crippen molar-refractivity contribution in [1.29, 1.82) is 5.26 Å². The second kappa shape index (κ2) is 6.05. The molecule has 0 fully saturated rings. The first-order chi connectivity index (χ1) is 10.0. The Bertz CT molecular complexity index is 696. The van der Waals surface area contributed by atoms with Crippen LogP contribution in [-0.2, 0) is 0 Å². The maximum Gasteiger partial charge on any atom is 0.242 e. The molecule has 2 aromatic rings. The number of rotatable bonds is 4. The van der Waals surface area contributed by atoms with E-state index in [1.807, 2.05) is 19.9 Å². The molecule has 1 heterocycles. The molecule has 0 spiro atoms. The van der Waals surface area contributed by atoms with E-state index in [9.17, 15) is 4.39 Å². The second-order valence-corrected chi connectivity index (χ2v) is 4.54. The molecule has 21 heavy (non-hydrogen) atoms. The third kappa shape index (κ3) is 3.36. The van der Waals surface area contributed by atoms with Gasteiger partial charge in [-0.2, -0.15) is 10.2 Å². The molecular formula is C14H14FN5O. The monoisotopic (exact) mass is 287 g/mol. The van der Waals surface area contributed by atoms with E-state index in [-0.39, 0.29) is 34.7 Å². The highest BCUT2D eigenvalue weighted by Gasteiger charge is 2.12. The molecule has 0 atom stereocenters. The van der Waals surface area contributed by atoms with Gasteiger partial charge in [0, 0.05) is 0 Å². The van der Waals surface area contributed by atoms with E-state index in [2.05, 4.69) is 15.3 Å². The molecule has 0 amide bonds. The number of ether oxygens (including phenoxy) is 1. The van der Waals surface area contributed by atoms with Gasteiger partial charge in [0.05, 0.1) is 23.4 Å². The molecule has 0 radical (unpaired) electrons. The van der Waals surface area contributed by atoms with Crippen LogP contribution in [-0.4, -0.2) is 16.1 Å².